The number of fused-ring (bicyclic) bond motifs is 3. The number of hydrogen-bond donors (Lipinski definition) is 5. The van der Waals surface area contributed by atoms with Gasteiger partial charge in [-0.25, -0.2) is 14.4 Å². The van der Waals surface area contributed by atoms with E-state index in [4.69, 9.17) is 10.5 Å². The van der Waals surface area contributed by atoms with E-state index in [2.05, 4.69) is 16.0 Å². The van der Waals surface area contributed by atoms with E-state index in [1.807, 2.05) is 48.5 Å². The summed E-state index contributed by atoms with van der Waals surface area (Å²) in [4.78, 5) is 47.8. The molecule has 2 aromatic carbocycles. The highest BCUT2D eigenvalue weighted by atomic mass is 16.5. The van der Waals surface area contributed by atoms with Crippen molar-refractivity contribution in [2.45, 2.75) is 44.7 Å². The van der Waals surface area contributed by atoms with Crippen molar-refractivity contribution in [2.24, 2.45) is 11.7 Å². The number of carboxylic acids is 1. The van der Waals surface area contributed by atoms with Gasteiger partial charge in [0.1, 0.15) is 18.7 Å². The smallest absolute Gasteiger partial charge is 0.407 e. The van der Waals surface area contributed by atoms with Crippen LogP contribution < -0.4 is 21.7 Å². The molecule has 0 saturated carbocycles. The third-order valence-corrected chi connectivity index (χ3v) is 6.15. The lowest BCUT2D eigenvalue weighted by molar-refractivity contribution is -0.142. The Balaban J connectivity index is 1.59. The van der Waals surface area contributed by atoms with Gasteiger partial charge in [0.05, 0.1) is 0 Å². The van der Waals surface area contributed by atoms with E-state index in [0.29, 0.717) is 6.42 Å². The van der Waals surface area contributed by atoms with Crippen LogP contribution in [0.15, 0.2) is 48.5 Å². The molecule has 2 aromatic rings. The summed E-state index contributed by atoms with van der Waals surface area (Å²) in [7, 11) is 0. The molecule has 192 valence electrons. The molecule has 1 aliphatic rings. The van der Waals surface area contributed by atoms with Gasteiger partial charge in [-0.05, 0) is 41.0 Å². The minimum absolute atomic E-state index is 0.0805. The molecule has 6 N–H and O–H groups in total. The van der Waals surface area contributed by atoms with Gasteiger partial charge in [-0.15, -0.1) is 0 Å². The van der Waals surface area contributed by atoms with Crippen molar-refractivity contribution >= 4 is 24.0 Å². The Bertz CT molecular complexity index is 1070. The number of rotatable bonds is 11. The zero-order chi connectivity index (χ0) is 26.2. The summed E-state index contributed by atoms with van der Waals surface area (Å²) in [6.07, 6.45) is -0.382. The van der Waals surface area contributed by atoms with Gasteiger partial charge in [0.2, 0.25) is 5.91 Å². The van der Waals surface area contributed by atoms with Crippen molar-refractivity contribution in [3.8, 4) is 11.1 Å². The molecule has 0 fully saturated rings. The first-order chi connectivity index (χ1) is 17.2. The summed E-state index contributed by atoms with van der Waals surface area (Å²) in [5, 5.41) is 16.9. The zero-order valence-corrected chi connectivity index (χ0v) is 20.3. The number of carbonyl (C=O) groups is 4. The lowest BCUT2D eigenvalue weighted by atomic mass is 9.98. The van der Waals surface area contributed by atoms with E-state index in [0.717, 1.165) is 22.3 Å². The Morgan fingerprint density at radius 3 is 2.08 bits per heavy atom. The van der Waals surface area contributed by atoms with Gasteiger partial charge in [0, 0.05) is 12.5 Å². The van der Waals surface area contributed by atoms with Crippen molar-refractivity contribution in [1.29, 1.82) is 0 Å². The first-order valence-electron chi connectivity index (χ1n) is 11.9. The van der Waals surface area contributed by atoms with Crippen LogP contribution in [0.2, 0.25) is 0 Å². The molecular weight excluding hydrogens is 464 g/mol. The van der Waals surface area contributed by atoms with Crippen LogP contribution in [-0.4, -0.2) is 54.3 Å². The van der Waals surface area contributed by atoms with E-state index in [9.17, 15) is 24.3 Å². The summed E-state index contributed by atoms with van der Waals surface area (Å²) >= 11 is 0. The van der Waals surface area contributed by atoms with Crippen LogP contribution in [0, 0.1) is 5.92 Å². The molecular formula is C26H32N4O6. The largest absolute Gasteiger partial charge is 0.480 e. The van der Waals surface area contributed by atoms with Gasteiger partial charge < -0.3 is 31.5 Å². The predicted octanol–water partition coefficient (Wildman–Crippen LogP) is 2.57. The first-order valence-corrected chi connectivity index (χ1v) is 11.9. The molecule has 0 spiro atoms. The third-order valence-electron chi connectivity index (χ3n) is 6.15. The molecule has 4 amide bonds. The minimum Gasteiger partial charge on any atom is -0.480 e. The highest BCUT2D eigenvalue weighted by Gasteiger charge is 2.31. The van der Waals surface area contributed by atoms with Crippen LogP contribution >= 0.6 is 0 Å². The summed E-state index contributed by atoms with van der Waals surface area (Å²) in [6, 6.07) is 13.0. The quantitative estimate of drug-likeness (QED) is 0.301. The van der Waals surface area contributed by atoms with Gasteiger partial charge in [-0.3, -0.25) is 4.79 Å². The number of nitrogens with two attached hydrogens (primary N) is 1. The normalized spacial score (nSPS) is 13.8. The van der Waals surface area contributed by atoms with Crippen LogP contribution in [0.5, 0.6) is 0 Å². The average Bonchev–Trinajstić information content (AvgIpc) is 3.16. The standard InChI is InChI=1S/C26H32N4O6/c1-15(2)22(23(31)29-21(24(32)33)12-7-13-28-25(27)34)30-26(35)36-14-20-18-10-5-3-8-16(18)17-9-4-6-11-19(17)20/h3-6,8-11,15,20-22H,7,12-14H2,1-2H3,(H,29,31)(H,30,35)(H,32,33)(H3,27,28,34)/t21-,22-/m1/s1. The van der Waals surface area contributed by atoms with E-state index in [-0.39, 0.29) is 31.4 Å². The summed E-state index contributed by atoms with van der Waals surface area (Å²) < 4.78 is 5.53. The number of benzene rings is 2. The van der Waals surface area contributed by atoms with Crippen LogP contribution in [0.3, 0.4) is 0 Å². The molecule has 36 heavy (non-hydrogen) atoms. The maximum absolute atomic E-state index is 12.8. The van der Waals surface area contributed by atoms with Crippen LogP contribution in [0.4, 0.5) is 9.59 Å². The Morgan fingerprint density at radius 2 is 1.56 bits per heavy atom. The van der Waals surface area contributed by atoms with Crippen LogP contribution in [0.25, 0.3) is 11.1 Å². The number of ether oxygens (including phenoxy) is 1. The summed E-state index contributed by atoms with van der Waals surface area (Å²) in [5.74, 6) is -2.30. The number of hydrogen-bond acceptors (Lipinski definition) is 5. The van der Waals surface area contributed by atoms with E-state index < -0.39 is 36.1 Å². The van der Waals surface area contributed by atoms with Crippen molar-refractivity contribution in [2.75, 3.05) is 13.2 Å². The monoisotopic (exact) mass is 496 g/mol. The van der Waals surface area contributed by atoms with E-state index >= 15 is 0 Å². The number of urea groups is 1. The second-order valence-corrected chi connectivity index (χ2v) is 9.02. The zero-order valence-electron chi connectivity index (χ0n) is 20.3. The molecule has 0 aromatic heterocycles. The Kier molecular flexibility index (Phi) is 8.88. The lowest BCUT2D eigenvalue weighted by Gasteiger charge is -2.24. The molecule has 10 heteroatoms. The van der Waals surface area contributed by atoms with Crippen molar-refractivity contribution in [3.05, 3.63) is 59.7 Å². The molecule has 1 aliphatic carbocycles. The second-order valence-electron chi connectivity index (χ2n) is 9.02. The maximum atomic E-state index is 12.8. The summed E-state index contributed by atoms with van der Waals surface area (Å²) in [6.45, 7) is 3.75. The minimum atomic E-state index is -1.22. The fourth-order valence-electron chi connectivity index (χ4n) is 4.34. The van der Waals surface area contributed by atoms with Gasteiger partial charge in [-0.2, -0.15) is 0 Å². The van der Waals surface area contributed by atoms with Gasteiger partial charge in [-0.1, -0.05) is 62.4 Å². The van der Waals surface area contributed by atoms with Crippen LogP contribution in [-0.2, 0) is 14.3 Å². The fourth-order valence-corrected chi connectivity index (χ4v) is 4.34. The average molecular weight is 497 g/mol. The first kappa shape index (κ1) is 26.5. The maximum Gasteiger partial charge on any atom is 0.407 e. The Morgan fingerprint density at radius 1 is 0.972 bits per heavy atom. The predicted molar refractivity (Wildman–Crippen MR) is 133 cm³/mol. The third kappa shape index (κ3) is 6.53. The van der Waals surface area contributed by atoms with Crippen LogP contribution in [0.1, 0.15) is 43.7 Å². The number of carboxylic acid groups (broad SMARTS) is 1. The Hall–Kier alpha value is -4.08. The van der Waals surface area contributed by atoms with E-state index in [1.54, 1.807) is 13.8 Å². The van der Waals surface area contributed by atoms with Gasteiger partial charge in [0.25, 0.3) is 0 Å². The van der Waals surface area contributed by atoms with Gasteiger partial charge >= 0.3 is 18.1 Å². The molecule has 0 saturated heterocycles. The molecule has 3 rings (SSSR count). The highest BCUT2D eigenvalue weighted by Crippen LogP contribution is 2.44. The molecule has 0 aliphatic heterocycles. The molecule has 2 atom stereocenters. The van der Waals surface area contributed by atoms with Crippen molar-refractivity contribution < 1.29 is 29.0 Å². The Labute approximate surface area is 209 Å². The number of primary amides is 1. The van der Waals surface area contributed by atoms with E-state index in [1.165, 1.54) is 0 Å². The van der Waals surface area contributed by atoms with Crippen molar-refractivity contribution in [3.63, 3.8) is 0 Å². The molecule has 0 unspecified atom stereocenters. The number of aliphatic carboxylic acids is 1. The number of amides is 4. The topological polar surface area (TPSA) is 160 Å². The summed E-state index contributed by atoms with van der Waals surface area (Å²) in [5.41, 5.74) is 9.34. The lowest BCUT2D eigenvalue weighted by Crippen LogP contribution is -2.54. The number of nitrogens with one attached hydrogen (secondary N) is 3. The highest BCUT2D eigenvalue weighted by molar-refractivity contribution is 5.89. The molecule has 10 nitrogen and oxygen atoms in total. The molecule has 0 bridgehead atoms. The number of carbonyl (C=O) groups excluding carboxylic acids is 3. The fraction of sp³-hybridized carbons (Fsp3) is 0.385. The van der Waals surface area contributed by atoms with Gasteiger partial charge in [0.15, 0.2) is 0 Å². The SMILES string of the molecule is CC(C)[C@@H](NC(=O)OCC1c2ccccc2-c2ccccc21)C(=O)N[C@H](CCCNC(N)=O)C(=O)O. The van der Waals surface area contributed by atoms with Crippen molar-refractivity contribution in [1.82, 2.24) is 16.0 Å². The number of alkyl carbamates (subject to hydrolysis) is 1. The second kappa shape index (κ2) is 12.1. The molecule has 0 radical (unpaired) electrons. The molecule has 0 heterocycles.